The van der Waals surface area contributed by atoms with E-state index in [1.807, 2.05) is 36.4 Å². The summed E-state index contributed by atoms with van der Waals surface area (Å²) in [6.45, 7) is 0. The fourth-order valence-electron chi connectivity index (χ4n) is 4.26. The molecule has 4 rings (SSSR count). The summed E-state index contributed by atoms with van der Waals surface area (Å²) in [5.41, 5.74) is 10.2. The van der Waals surface area contributed by atoms with Crippen molar-refractivity contribution in [1.82, 2.24) is 9.88 Å². The number of nitriles is 1. The van der Waals surface area contributed by atoms with Crippen molar-refractivity contribution in [2.75, 3.05) is 0 Å². The summed E-state index contributed by atoms with van der Waals surface area (Å²) in [7, 11) is 1.68. The van der Waals surface area contributed by atoms with Crippen molar-refractivity contribution in [3.63, 3.8) is 0 Å². The van der Waals surface area contributed by atoms with Gasteiger partial charge in [-0.2, -0.15) is 5.26 Å². The number of nitrogens with two attached hydrogens (primary N) is 1. The maximum Gasteiger partial charge on any atom is 0.419 e. The van der Waals surface area contributed by atoms with Crippen LogP contribution in [0.1, 0.15) is 31.2 Å². The quantitative estimate of drug-likeness (QED) is 0.661. The Balaban J connectivity index is 1.44. The summed E-state index contributed by atoms with van der Waals surface area (Å²) in [4.78, 5) is 24.2. The molecule has 1 saturated carbocycles. The van der Waals surface area contributed by atoms with Crippen LogP contribution in [0.3, 0.4) is 0 Å². The van der Waals surface area contributed by atoms with Gasteiger partial charge in [0.25, 0.3) is 0 Å². The highest BCUT2D eigenvalue weighted by Gasteiger charge is 2.26. The van der Waals surface area contributed by atoms with Crippen LogP contribution in [-0.4, -0.2) is 22.6 Å². The van der Waals surface area contributed by atoms with Gasteiger partial charge in [-0.1, -0.05) is 36.8 Å². The predicted molar refractivity (Wildman–Crippen MR) is 118 cm³/mol. The molecule has 1 aliphatic carbocycles. The fourth-order valence-corrected chi connectivity index (χ4v) is 4.26. The lowest BCUT2D eigenvalue weighted by atomic mass is 9.85. The Bertz CT molecular complexity index is 1190. The first kappa shape index (κ1) is 20.9. The maximum absolute atomic E-state index is 12.5. The Hall–Kier alpha value is -3.37. The number of carbonyl (C=O) groups is 1. The van der Waals surface area contributed by atoms with E-state index in [1.165, 1.54) is 4.57 Å². The summed E-state index contributed by atoms with van der Waals surface area (Å²) in [6.07, 6.45) is 3.87. The normalized spacial score (nSPS) is 19.6. The van der Waals surface area contributed by atoms with Gasteiger partial charge in [-0.3, -0.25) is 9.36 Å². The van der Waals surface area contributed by atoms with Crippen LogP contribution in [0.5, 0.6) is 0 Å². The van der Waals surface area contributed by atoms with Crippen LogP contribution in [0.15, 0.2) is 51.7 Å². The number of oxazole rings is 1. The lowest BCUT2D eigenvalue weighted by molar-refractivity contribution is -0.126. The average Bonchev–Trinajstić information content (AvgIpc) is 3.06. The zero-order chi connectivity index (χ0) is 22.0. The molecule has 1 aromatic heterocycles. The van der Waals surface area contributed by atoms with Gasteiger partial charge in [-0.15, -0.1) is 0 Å². The molecular weight excluding hydrogens is 392 g/mol. The largest absolute Gasteiger partial charge is 0.419 e. The van der Waals surface area contributed by atoms with Crippen molar-refractivity contribution in [2.24, 2.45) is 18.7 Å². The van der Waals surface area contributed by atoms with Gasteiger partial charge in [0.2, 0.25) is 5.91 Å². The van der Waals surface area contributed by atoms with Gasteiger partial charge in [0.15, 0.2) is 5.58 Å². The lowest BCUT2D eigenvalue weighted by Gasteiger charge is -2.26. The van der Waals surface area contributed by atoms with Gasteiger partial charge >= 0.3 is 5.76 Å². The Morgan fingerprint density at radius 3 is 2.71 bits per heavy atom. The molecule has 0 radical (unpaired) electrons. The summed E-state index contributed by atoms with van der Waals surface area (Å²) < 4.78 is 6.66. The Kier molecular flexibility index (Phi) is 5.92. The first-order valence-electron chi connectivity index (χ1n) is 10.6. The molecule has 31 heavy (non-hydrogen) atoms. The van der Waals surface area contributed by atoms with Gasteiger partial charge in [-0.05, 0) is 48.1 Å². The number of hydrogen-bond acceptors (Lipinski definition) is 5. The van der Waals surface area contributed by atoms with Crippen molar-refractivity contribution in [1.29, 1.82) is 5.26 Å². The van der Waals surface area contributed by atoms with E-state index >= 15 is 0 Å². The van der Waals surface area contributed by atoms with E-state index in [0.717, 1.165) is 41.5 Å². The van der Waals surface area contributed by atoms with E-state index in [0.29, 0.717) is 18.4 Å². The van der Waals surface area contributed by atoms with Gasteiger partial charge in [0, 0.05) is 25.4 Å². The highest BCUT2D eigenvalue weighted by molar-refractivity contribution is 5.81. The van der Waals surface area contributed by atoms with Crippen molar-refractivity contribution in [3.8, 4) is 17.2 Å². The molecule has 1 amide bonds. The lowest BCUT2D eigenvalue weighted by Crippen LogP contribution is -2.42. The SMILES string of the molecule is Cn1c(=O)oc2ccc(-c3ccc(CC(C#N)NC(=O)C4CCCC(N)C4)cc3)cc21. The van der Waals surface area contributed by atoms with E-state index < -0.39 is 6.04 Å². The molecule has 3 aromatic rings. The molecule has 1 aliphatic rings. The van der Waals surface area contributed by atoms with Crippen LogP contribution in [0, 0.1) is 17.2 Å². The van der Waals surface area contributed by atoms with Gasteiger partial charge < -0.3 is 15.5 Å². The number of benzene rings is 2. The zero-order valence-electron chi connectivity index (χ0n) is 17.5. The third-order valence-electron chi connectivity index (χ3n) is 6.08. The first-order chi connectivity index (χ1) is 14.9. The van der Waals surface area contributed by atoms with Crippen molar-refractivity contribution in [3.05, 3.63) is 58.6 Å². The van der Waals surface area contributed by atoms with Crippen molar-refractivity contribution in [2.45, 2.75) is 44.2 Å². The molecule has 3 atom stereocenters. The van der Waals surface area contributed by atoms with Gasteiger partial charge in [-0.25, -0.2) is 4.79 Å². The van der Waals surface area contributed by atoms with E-state index in [9.17, 15) is 14.9 Å². The molecule has 7 heteroatoms. The number of aryl methyl sites for hydroxylation is 1. The molecular formula is C24H26N4O3. The van der Waals surface area contributed by atoms with Crippen molar-refractivity contribution < 1.29 is 9.21 Å². The molecule has 0 aliphatic heterocycles. The van der Waals surface area contributed by atoms with E-state index in [4.69, 9.17) is 10.2 Å². The third-order valence-corrected chi connectivity index (χ3v) is 6.08. The number of carbonyl (C=O) groups excluding carboxylic acids is 1. The van der Waals surface area contributed by atoms with Gasteiger partial charge in [0.1, 0.15) is 6.04 Å². The minimum Gasteiger partial charge on any atom is -0.408 e. The standard InChI is InChI=1S/C24H26N4O3/c1-28-21-13-17(9-10-22(21)31-24(28)30)16-7-5-15(6-8-16)11-20(14-25)27-23(29)18-3-2-4-19(26)12-18/h5-10,13,18-20H,2-4,11-12,26H2,1H3,(H,27,29). The Morgan fingerprint density at radius 1 is 1.26 bits per heavy atom. The summed E-state index contributed by atoms with van der Waals surface area (Å²) in [5.74, 6) is -0.560. The predicted octanol–water partition coefficient (Wildman–Crippen LogP) is 2.87. The summed E-state index contributed by atoms with van der Waals surface area (Å²) >= 11 is 0. The van der Waals surface area contributed by atoms with E-state index in [-0.39, 0.29) is 23.6 Å². The number of fused-ring (bicyclic) bond motifs is 1. The van der Waals surface area contributed by atoms with E-state index in [2.05, 4.69) is 11.4 Å². The minimum absolute atomic E-state index is 0.0706. The molecule has 7 nitrogen and oxygen atoms in total. The third kappa shape index (κ3) is 4.54. The number of hydrogen-bond donors (Lipinski definition) is 2. The molecule has 1 heterocycles. The Labute approximate surface area is 180 Å². The monoisotopic (exact) mass is 418 g/mol. The second-order valence-corrected chi connectivity index (χ2v) is 8.32. The molecule has 3 N–H and O–H groups in total. The number of rotatable bonds is 5. The van der Waals surface area contributed by atoms with E-state index in [1.54, 1.807) is 13.1 Å². The second kappa shape index (κ2) is 8.78. The van der Waals surface area contributed by atoms with Crippen LogP contribution in [-0.2, 0) is 18.3 Å². The van der Waals surface area contributed by atoms with Crippen LogP contribution in [0.25, 0.3) is 22.2 Å². The molecule has 1 fully saturated rings. The van der Waals surface area contributed by atoms with Crippen LogP contribution in [0.4, 0.5) is 0 Å². The average molecular weight is 418 g/mol. The number of nitrogens with zero attached hydrogens (tertiary/aromatic N) is 2. The zero-order valence-corrected chi connectivity index (χ0v) is 17.5. The molecule has 0 spiro atoms. The highest BCUT2D eigenvalue weighted by atomic mass is 16.4. The number of aromatic nitrogens is 1. The van der Waals surface area contributed by atoms with Crippen LogP contribution >= 0.6 is 0 Å². The topological polar surface area (TPSA) is 114 Å². The van der Waals surface area contributed by atoms with Gasteiger partial charge in [0.05, 0.1) is 11.6 Å². The molecule has 160 valence electrons. The first-order valence-corrected chi connectivity index (χ1v) is 10.6. The number of amides is 1. The smallest absolute Gasteiger partial charge is 0.408 e. The molecule has 3 unspecified atom stereocenters. The van der Waals surface area contributed by atoms with Crippen LogP contribution < -0.4 is 16.8 Å². The maximum atomic E-state index is 12.5. The second-order valence-electron chi connectivity index (χ2n) is 8.32. The molecule has 0 saturated heterocycles. The molecule has 0 bridgehead atoms. The fraction of sp³-hybridized carbons (Fsp3) is 0.375. The van der Waals surface area contributed by atoms with Crippen molar-refractivity contribution >= 4 is 17.0 Å². The van der Waals surface area contributed by atoms with Crippen LogP contribution in [0.2, 0.25) is 0 Å². The Morgan fingerprint density at radius 2 is 2.00 bits per heavy atom. The summed E-state index contributed by atoms with van der Waals surface area (Å²) in [6, 6.07) is 15.2. The minimum atomic E-state index is -0.576. The summed E-state index contributed by atoms with van der Waals surface area (Å²) in [5, 5.41) is 12.4. The number of nitrogens with one attached hydrogen (secondary N) is 1. The highest BCUT2D eigenvalue weighted by Crippen LogP contribution is 2.25. The molecule has 2 aromatic carbocycles.